The molecule has 0 saturated heterocycles. The van der Waals surface area contributed by atoms with Gasteiger partial charge < -0.3 is 16.4 Å². The van der Waals surface area contributed by atoms with Gasteiger partial charge in [-0.1, -0.05) is 6.58 Å². The molecule has 0 aliphatic heterocycles. The summed E-state index contributed by atoms with van der Waals surface area (Å²) >= 11 is 0. The van der Waals surface area contributed by atoms with E-state index in [1.54, 1.807) is 0 Å². The number of rotatable bonds is 5. The fourth-order valence-corrected chi connectivity index (χ4v) is 2.20. The number of hydrogen-bond acceptors (Lipinski definition) is 3. The first-order valence-corrected chi connectivity index (χ1v) is 5.55. The zero-order valence-electron chi connectivity index (χ0n) is 9.18. The highest BCUT2D eigenvalue weighted by Crippen LogP contribution is 2.27. The van der Waals surface area contributed by atoms with Crippen LogP contribution in [-0.2, 0) is 0 Å². The van der Waals surface area contributed by atoms with E-state index in [2.05, 4.69) is 17.2 Å². The third kappa shape index (κ3) is 4.01. The molecule has 4 N–H and O–H groups in total. The van der Waals surface area contributed by atoms with Crippen LogP contribution in [-0.4, -0.2) is 20.1 Å². The molecule has 82 valence electrons. The van der Waals surface area contributed by atoms with Crippen LogP contribution < -0.4 is 16.4 Å². The van der Waals surface area contributed by atoms with Gasteiger partial charge >= 0.3 is 0 Å². The lowest BCUT2D eigenvalue weighted by atomic mass is 9.82. The van der Waals surface area contributed by atoms with Gasteiger partial charge in [0.05, 0.1) is 5.82 Å². The Balaban J connectivity index is 2.12. The Morgan fingerprint density at radius 2 is 1.71 bits per heavy atom. The lowest BCUT2D eigenvalue weighted by Gasteiger charge is -2.28. The van der Waals surface area contributed by atoms with E-state index in [4.69, 9.17) is 5.73 Å². The summed E-state index contributed by atoms with van der Waals surface area (Å²) < 4.78 is 0. The molecule has 3 nitrogen and oxygen atoms in total. The van der Waals surface area contributed by atoms with Gasteiger partial charge in [0.1, 0.15) is 0 Å². The maximum absolute atomic E-state index is 5.47. The summed E-state index contributed by atoms with van der Waals surface area (Å²) in [4.78, 5) is 0. The van der Waals surface area contributed by atoms with Crippen LogP contribution in [0.3, 0.4) is 0 Å². The Morgan fingerprint density at radius 1 is 1.21 bits per heavy atom. The van der Waals surface area contributed by atoms with E-state index in [1.165, 1.54) is 32.2 Å². The van der Waals surface area contributed by atoms with E-state index >= 15 is 0 Å². The molecule has 0 heterocycles. The standard InChI is InChI=1S/C11H23N3/c1-9(12)14-8-11-5-3-10(4-6-11)7-13-2/h10-11,13-14H,1,3-8,12H2,2H3. The minimum absolute atomic E-state index is 0.599. The number of hydrogen-bond donors (Lipinski definition) is 3. The number of nitrogens with two attached hydrogens (primary N) is 1. The smallest absolute Gasteiger partial charge is 0.0885 e. The van der Waals surface area contributed by atoms with Gasteiger partial charge in [-0.3, -0.25) is 0 Å². The van der Waals surface area contributed by atoms with Crippen molar-refractivity contribution in [3.63, 3.8) is 0 Å². The van der Waals surface area contributed by atoms with Crippen LogP contribution in [0, 0.1) is 11.8 Å². The Morgan fingerprint density at radius 3 is 2.14 bits per heavy atom. The van der Waals surface area contributed by atoms with E-state index in [0.717, 1.165) is 18.4 Å². The molecule has 0 amide bonds. The van der Waals surface area contributed by atoms with Crippen molar-refractivity contribution in [1.29, 1.82) is 0 Å². The quantitative estimate of drug-likeness (QED) is 0.617. The summed E-state index contributed by atoms with van der Waals surface area (Å²) in [5.41, 5.74) is 5.47. The normalized spacial score (nSPS) is 27.2. The monoisotopic (exact) mass is 197 g/mol. The highest BCUT2D eigenvalue weighted by molar-refractivity contribution is 4.84. The van der Waals surface area contributed by atoms with E-state index in [9.17, 15) is 0 Å². The van der Waals surface area contributed by atoms with Crippen LogP contribution in [0.2, 0.25) is 0 Å². The molecule has 1 rings (SSSR count). The maximum atomic E-state index is 5.47. The molecule has 0 spiro atoms. The van der Waals surface area contributed by atoms with Gasteiger partial charge in [-0.15, -0.1) is 0 Å². The molecule has 0 aromatic heterocycles. The molecule has 1 fully saturated rings. The Hall–Kier alpha value is -0.700. The van der Waals surface area contributed by atoms with E-state index in [1.807, 2.05) is 7.05 Å². The zero-order chi connectivity index (χ0) is 10.4. The molecule has 0 aromatic rings. The second-order valence-corrected chi connectivity index (χ2v) is 4.35. The summed E-state index contributed by atoms with van der Waals surface area (Å²) in [6, 6.07) is 0. The van der Waals surface area contributed by atoms with Gasteiger partial charge in [0.15, 0.2) is 0 Å². The molecule has 0 radical (unpaired) electrons. The molecule has 1 aliphatic carbocycles. The average Bonchev–Trinajstić information content (AvgIpc) is 2.17. The summed E-state index contributed by atoms with van der Waals surface area (Å²) in [7, 11) is 2.03. The topological polar surface area (TPSA) is 50.1 Å². The van der Waals surface area contributed by atoms with Crippen molar-refractivity contribution in [2.45, 2.75) is 25.7 Å². The predicted molar refractivity (Wildman–Crippen MR) is 60.7 cm³/mol. The van der Waals surface area contributed by atoms with Crippen LogP contribution >= 0.6 is 0 Å². The van der Waals surface area contributed by atoms with Gasteiger partial charge in [-0.25, -0.2) is 0 Å². The third-order valence-electron chi connectivity index (χ3n) is 3.08. The highest BCUT2D eigenvalue weighted by Gasteiger charge is 2.20. The van der Waals surface area contributed by atoms with Gasteiger partial charge in [-0.05, 0) is 51.1 Å². The molecular weight excluding hydrogens is 174 g/mol. The molecular formula is C11H23N3. The van der Waals surface area contributed by atoms with Crippen LogP contribution in [0.1, 0.15) is 25.7 Å². The van der Waals surface area contributed by atoms with Crippen molar-refractivity contribution in [3.8, 4) is 0 Å². The van der Waals surface area contributed by atoms with Crippen LogP contribution in [0.5, 0.6) is 0 Å². The molecule has 14 heavy (non-hydrogen) atoms. The SMILES string of the molecule is C=C(N)NCC1CCC(CNC)CC1. The second-order valence-electron chi connectivity index (χ2n) is 4.35. The van der Waals surface area contributed by atoms with E-state index < -0.39 is 0 Å². The summed E-state index contributed by atoms with van der Waals surface area (Å²) in [6.45, 7) is 5.81. The first-order valence-electron chi connectivity index (χ1n) is 5.55. The largest absolute Gasteiger partial charge is 0.386 e. The van der Waals surface area contributed by atoms with Crippen molar-refractivity contribution in [1.82, 2.24) is 10.6 Å². The van der Waals surface area contributed by atoms with Crippen molar-refractivity contribution in [3.05, 3.63) is 12.4 Å². The van der Waals surface area contributed by atoms with Gasteiger partial charge in [0, 0.05) is 6.54 Å². The lowest BCUT2D eigenvalue weighted by molar-refractivity contribution is 0.268. The first-order chi connectivity index (χ1) is 6.72. The predicted octanol–water partition coefficient (Wildman–Crippen LogP) is 1.03. The van der Waals surface area contributed by atoms with Crippen LogP contribution in [0.25, 0.3) is 0 Å². The summed E-state index contributed by atoms with van der Waals surface area (Å²) in [6.07, 6.45) is 5.35. The zero-order valence-corrected chi connectivity index (χ0v) is 9.18. The summed E-state index contributed by atoms with van der Waals surface area (Å²) in [5.74, 6) is 2.28. The molecule has 0 unspecified atom stereocenters. The molecule has 3 heteroatoms. The summed E-state index contributed by atoms with van der Waals surface area (Å²) in [5, 5.41) is 6.38. The average molecular weight is 197 g/mol. The number of nitrogens with one attached hydrogen (secondary N) is 2. The Labute approximate surface area is 87.1 Å². The molecule has 1 saturated carbocycles. The maximum Gasteiger partial charge on any atom is 0.0885 e. The third-order valence-corrected chi connectivity index (χ3v) is 3.08. The fraction of sp³-hybridized carbons (Fsp3) is 0.818. The fourth-order valence-electron chi connectivity index (χ4n) is 2.20. The Kier molecular flexibility index (Phi) is 4.80. The van der Waals surface area contributed by atoms with Gasteiger partial charge in [-0.2, -0.15) is 0 Å². The van der Waals surface area contributed by atoms with Crippen molar-refractivity contribution < 1.29 is 0 Å². The second kappa shape index (κ2) is 5.91. The van der Waals surface area contributed by atoms with Crippen LogP contribution in [0.4, 0.5) is 0 Å². The Bertz CT molecular complexity index is 171. The van der Waals surface area contributed by atoms with Crippen LogP contribution in [0.15, 0.2) is 12.4 Å². The highest BCUT2D eigenvalue weighted by atomic mass is 15.0. The molecule has 1 aliphatic rings. The van der Waals surface area contributed by atoms with E-state index in [0.29, 0.717) is 5.82 Å². The molecule has 0 aromatic carbocycles. The molecule has 0 bridgehead atoms. The first kappa shape index (κ1) is 11.4. The molecule has 0 atom stereocenters. The minimum atomic E-state index is 0.599. The van der Waals surface area contributed by atoms with Gasteiger partial charge in [0.2, 0.25) is 0 Å². The van der Waals surface area contributed by atoms with Crippen molar-refractivity contribution >= 4 is 0 Å². The lowest BCUT2D eigenvalue weighted by Crippen LogP contribution is -2.30. The van der Waals surface area contributed by atoms with E-state index in [-0.39, 0.29) is 0 Å². The van der Waals surface area contributed by atoms with Gasteiger partial charge in [0.25, 0.3) is 0 Å². The van der Waals surface area contributed by atoms with Crippen molar-refractivity contribution in [2.75, 3.05) is 20.1 Å². The van der Waals surface area contributed by atoms with Crippen molar-refractivity contribution in [2.24, 2.45) is 17.6 Å². The minimum Gasteiger partial charge on any atom is -0.386 e.